The lowest BCUT2D eigenvalue weighted by Crippen LogP contribution is -2.48. The van der Waals surface area contributed by atoms with Gasteiger partial charge in [-0.25, -0.2) is 9.59 Å². The molecule has 0 aliphatic carbocycles. The van der Waals surface area contributed by atoms with Gasteiger partial charge in [0.05, 0.1) is 0 Å². The van der Waals surface area contributed by atoms with Crippen molar-refractivity contribution < 1.29 is 34.4 Å². The minimum atomic E-state index is -1.82. The minimum Gasteiger partial charge on any atom is -0.491 e. The molecule has 0 bridgehead atoms. The van der Waals surface area contributed by atoms with Crippen molar-refractivity contribution in [2.75, 3.05) is 51.3 Å². The van der Waals surface area contributed by atoms with Crippen molar-refractivity contribution in [3.8, 4) is 5.75 Å². The molecule has 1 unspecified atom stereocenters. The van der Waals surface area contributed by atoms with Crippen LogP contribution in [0.15, 0.2) is 54.6 Å². The predicted octanol–water partition coefficient (Wildman–Crippen LogP) is 1.38. The van der Waals surface area contributed by atoms with Gasteiger partial charge in [-0.15, -0.1) is 0 Å². The van der Waals surface area contributed by atoms with Crippen molar-refractivity contribution in [2.45, 2.75) is 19.6 Å². The van der Waals surface area contributed by atoms with E-state index in [1.807, 2.05) is 30.3 Å². The summed E-state index contributed by atoms with van der Waals surface area (Å²) >= 11 is 0. The number of carboxylic acid groups (broad SMARTS) is 2. The average molecular weight is 488 g/mol. The van der Waals surface area contributed by atoms with E-state index >= 15 is 0 Å². The molecule has 1 heterocycles. The van der Waals surface area contributed by atoms with E-state index in [0.717, 1.165) is 38.4 Å². The van der Waals surface area contributed by atoms with Crippen molar-refractivity contribution >= 4 is 23.5 Å². The molecule has 35 heavy (non-hydrogen) atoms. The Bertz CT molecular complexity index is 933. The van der Waals surface area contributed by atoms with Crippen molar-refractivity contribution in [1.82, 2.24) is 9.80 Å². The maximum atomic E-state index is 11.4. The van der Waals surface area contributed by atoms with E-state index in [-0.39, 0.29) is 12.5 Å². The summed E-state index contributed by atoms with van der Waals surface area (Å²) < 4.78 is 5.71. The second-order valence-electron chi connectivity index (χ2n) is 8.21. The molecule has 0 aromatic heterocycles. The third-order valence-electron chi connectivity index (χ3n) is 5.50. The van der Waals surface area contributed by atoms with Crippen LogP contribution in [0.4, 0.5) is 5.69 Å². The van der Waals surface area contributed by atoms with Crippen LogP contribution < -0.4 is 9.64 Å². The van der Waals surface area contributed by atoms with Crippen molar-refractivity contribution in [3.05, 3.63) is 60.2 Å². The standard InChI is InChI=1S/C23H31N3O3.C2H2O4/c1-19(27)24(2)21-8-10-23(11-9-21)29-18-22(28)17-26-14-12-25(13-15-26)16-20-6-4-3-5-7-20;3-1(4)2(5)6/h3-11,22,28H,12-18H2,1-2H3;(H,3,4)(H,5,6). The smallest absolute Gasteiger partial charge is 0.414 e. The number of nitrogens with zero attached hydrogens (tertiary/aromatic N) is 3. The molecule has 1 aliphatic heterocycles. The Morgan fingerprint density at radius 1 is 0.914 bits per heavy atom. The normalized spacial score (nSPS) is 14.8. The zero-order valence-corrected chi connectivity index (χ0v) is 20.0. The molecule has 0 radical (unpaired) electrons. The number of hydrogen-bond donors (Lipinski definition) is 3. The summed E-state index contributed by atoms with van der Waals surface area (Å²) in [4.78, 5) is 35.9. The number of carbonyl (C=O) groups excluding carboxylic acids is 1. The number of anilines is 1. The van der Waals surface area contributed by atoms with Crippen LogP contribution in [-0.2, 0) is 20.9 Å². The number of carboxylic acids is 2. The number of aliphatic hydroxyl groups excluding tert-OH is 1. The third kappa shape index (κ3) is 10.1. The number of carbonyl (C=O) groups is 3. The summed E-state index contributed by atoms with van der Waals surface area (Å²) in [5, 5.41) is 25.1. The Kier molecular flexibility index (Phi) is 11.1. The van der Waals surface area contributed by atoms with Gasteiger partial charge in [-0.3, -0.25) is 14.6 Å². The molecule has 2 aromatic carbocycles. The molecule has 0 saturated carbocycles. The van der Waals surface area contributed by atoms with E-state index in [1.54, 1.807) is 11.9 Å². The van der Waals surface area contributed by atoms with E-state index in [4.69, 9.17) is 24.5 Å². The van der Waals surface area contributed by atoms with E-state index in [9.17, 15) is 9.90 Å². The van der Waals surface area contributed by atoms with E-state index in [1.165, 1.54) is 12.5 Å². The highest BCUT2D eigenvalue weighted by atomic mass is 16.5. The minimum absolute atomic E-state index is 0.0158. The summed E-state index contributed by atoms with van der Waals surface area (Å²) in [6.07, 6.45) is -0.532. The number of rotatable bonds is 8. The number of benzene rings is 2. The number of hydrogen-bond acceptors (Lipinski definition) is 7. The molecule has 1 aliphatic rings. The lowest BCUT2D eigenvalue weighted by Gasteiger charge is -2.35. The second-order valence-corrected chi connectivity index (χ2v) is 8.21. The molecule has 0 spiro atoms. The van der Waals surface area contributed by atoms with Gasteiger partial charge in [-0.05, 0) is 29.8 Å². The Labute approximate surface area is 204 Å². The summed E-state index contributed by atoms with van der Waals surface area (Å²) in [6, 6.07) is 17.9. The zero-order chi connectivity index (χ0) is 25.8. The topological polar surface area (TPSA) is 131 Å². The first kappa shape index (κ1) is 27.8. The fourth-order valence-electron chi connectivity index (χ4n) is 3.46. The summed E-state index contributed by atoms with van der Waals surface area (Å²) in [7, 11) is 1.74. The molecule has 3 N–H and O–H groups in total. The van der Waals surface area contributed by atoms with Gasteiger partial charge in [0.2, 0.25) is 5.91 Å². The van der Waals surface area contributed by atoms with Crippen molar-refractivity contribution in [3.63, 3.8) is 0 Å². The molecule has 3 rings (SSSR count). The van der Waals surface area contributed by atoms with Gasteiger partial charge in [-0.1, -0.05) is 30.3 Å². The molecule has 1 atom stereocenters. The van der Waals surface area contributed by atoms with Gasteiger partial charge >= 0.3 is 11.9 Å². The molecule has 1 saturated heterocycles. The largest absolute Gasteiger partial charge is 0.491 e. The van der Waals surface area contributed by atoms with Crippen LogP contribution in [0.2, 0.25) is 0 Å². The first-order valence-corrected chi connectivity index (χ1v) is 11.3. The maximum Gasteiger partial charge on any atom is 0.414 e. The highest BCUT2D eigenvalue weighted by Crippen LogP contribution is 2.19. The molecule has 10 nitrogen and oxygen atoms in total. The average Bonchev–Trinajstić information content (AvgIpc) is 2.85. The van der Waals surface area contributed by atoms with E-state index in [0.29, 0.717) is 12.3 Å². The first-order chi connectivity index (χ1) is 16.7. The van der Waals surface area contributed by atoms with Crippen LogP contribution in [0.25, 0.3) is 0 Å². The molecular weight excluding hydrogens is 454 g/mol. The fraction of sp³-hybridized carbons (Fsp3) is 0.400. The summed E-state index contributed by atoms with van der Waals surface area (Å²) in [5.74, 6) is -2.97. The number of aliphatic carboxylic acids is 2. The van der Waals surface area contributed by atoms with Gasteiger partial charge in [0.1, 0.15) is 18.5 Å². The van der Waals surface area contributed by atoms with Crippen molar-refractivity contribution in [1.29, 1.82) is 0 Å². The van der Waals surface area contributed by atoms with Crippen LogP contribution in [0.5, 0.6) is 5.75 Å². The number of piperazine rings is 1. The second kappa shape index (κ2) is 14.1. The molecule has 10 heteroatoms. The first-order valence-electron chi connectivity index (χ1n) is 11.3. The van der Waals surface area contributed by atoms with E-state index < -0.39 is 18.0 Å². The summed E-state index contributed by atoms with van der Waals surface area (Å²) in [6.45, 7) is 7.31. The Morgan fingerprint density at radius 3 is 1.97 bits per heavy atom. The van der Waals surface area contributed by atoms with Crippen LogP contribution >= 0.6 is 0 Å². The third-order valence-corrected chi connectivity index (χ3v) is 5.50. The van der Waals surface area contributed by atoms with E-state index in [2.05, 4.69) is 34.1 Å². The number of β-amino-alcohol motifs (C(OH)–C–C–N with tert-alkyl or cyclic N) is 1. The number of ether oxygens (including phenoxy) is 1. The predicted molar refractivity (Wildman–Crippen MR) is 130 cm³/mol. The number of amides is 1. The molecule has 1 amide bonds. The fourth-order valence-corrected chi connectivity index (χ4v) is 3.46. The lowest BCUT2D eigenvalue weighted by molar-refractivity contribution is -0.159. The molecule has 1 fully saturated rings. The Hall–Kier alpha value is -3.47. The van der Waals surface area contributed by atoms with Crippen LogP contribution in [0, 0.1) is 0 Å². The lowest BCUT2D eigenvalue weighted by atomic mass is 10.2. The van der Waals surface area contributed by atoms with Gasteiger partial charge in [0, 0.05) is 58.9 Å². The highest BCUT2D eigenvalue weighted by molar-refractivity contribution is 6.27. The molecular formula is C25H33N3O7. The van der Waals surface area contributed by atoms with Crippen molar-refractivity contribution in [2.24, 2.45) is 0 Å². The van der Waals surface area contributed by atoms with Gasteiger partial charge in [0.25, 0.3) is 0 Å². The SMILES string of the molecule is CC(=O)N(C)c1ccc(OCC(O)CN2CCN(Cc3ccccc3)CC2)cc1.O=C(O)C(=O)O. The highest BCUT2D eigenvalue weighted by Gasteiger charge is 2.19. The quantitative estimate of drug-likeness (QED) is 0.473. The summed E-state index contributed by atoms with van der Waals surface area (Å²) in [5.41, 5.74) is 2.16. The van der Waals surface area contributed by atoms with Gasteiger partial charge < -0.3 is 25.0 Å². The zero-order valence-electron chi connectivity index (χ0n) is 20.0. The van der Waals surface area contributed by atoms with Gasteiger partial charge in [-0.2, -0.15) is 0 Å². The van der Waals surface area contributed by atoms with Crippen LogP contribution in [-0.4, -0.2) is 95.4 Å². The Balaban J connectivity index is 0.000000641. The van der Waals surface area contributed by atoms with Gasteiger partial charge in [0.15, 0.2) is 0 Å². The molecule has 2 aromatic rings. The number of aliphatic hydroxyl groups is 1. The van der Waals surface area contributed by atoms with Crippen LogP contribution in [0.1, 0.15) is 12.5 Å². The monoisotopic (exact) mass is 487 g/mol. The van der Waals surface area contributed by atoms with Crippen LogP contribution in [0.3, 0.4) is 0 Å². The Morgan fingerprint density at radius 2 is 1.46 bits per heavy atom. The maximum absolute atomic E-state index is 11.4. The molecule has 190 valence electrons.